The van der Waals surface area contributed by atoms with E-state index in [0.717, 1.165) is 23.6 Å². The summed E-state index contributed by atoms with van der Waals surface area (Å²) in [6, 6.07) is 3.85. The molecule has 1 heterocycles. The van der Waals surface area contributed by atoms with Crippen molar-refractivity contribution >= 4 is 23.0 Å². The lowest BCUT2D eigenvalue weighted by Gasteiger charge is -2.27. The number of aryl methyl sites for hydroxylation is 1. The van der Waals surface area contributed by atoms with Gasteiger partial charge in [0.1, 0.15) is 10.8 Å². The molecule has 0 radical (unpaired) electrons. The highest BCUT2D eigenvalue weighted by Gasteiger charge is 2.20. The first-order valence-corrected chi connectivity index (χ1v) is 6.64. The van der Waals surface area contributed by atoms with Gasteiger partial charge in [-0.1, -0.05) is 39.9 Å². The van der Waals surface area contributed by atoms with E-state index >= 15 is 0 Å². The van der Waals surface area contributed by atoms with E-state index in [1.54, 1.807) is 0 Å². The zero-order chi connectivity index (χ0) is 13.9. The smallest absolute Gasteiger partial charge is 0.136 e. The van der Waals surface area contributed by atoms with Crippen LogP contribution in [0.3, 0.4) is 0 Å². The van der Waals surface area contributed by atoms with Crippen molar-refractivity contribution in [1.29, 1.82) is 0 Å². The van der Waals surface area contributed by atoms with Crippen LogP contribution in [-0.2, 0) is 0 Å². The Labute approximate surface area is 115 Å². The fourth-order valence-electron chi connectivity index (χ4n) is 1.45. The molecule has 18 heavy (non-hydrogen) atoms. The SMILES string of the molecule is Cc1ccc(C(N)=S)c(NCC(C)C(C)(C)C)n1. The van der Waals surface area contributed by atoms with E-state index in [2.05, 4.69) is 38.0 Å². The molecule has 1 rings (SSSR count). The van der Waals surface area contributed by atoms with Gasteiger partial charge in [0, 0.05) is 12.2 Å². The molecule has 0 bridgehead atoms. The van der Waals surface area contributed by atoms with Crippen molar-refractivity contribution in [1.82, 2.24) is 4.98 Å². The first-order valence-electron chi connectivity index (χ1n) is 6.23. The standard InChI is InChI=1S/C14H23N3S/c1-9(14(3,4)5)8-16-13-11(12(15)18)7-6-10(2)17-13/h6-7,9H,8H2,1-5H3,(H2,15,18)(H,16,17). The van der Waals surface area contributed by atoms with Crippen molar-refractivity contribution in [2.24, 2.45) is 17.1 Å². The lowest BCUT2D eigenvalue weighted by Crippen LogP contribution is -2.26. The highest BCUT2D eigenvalue weighted by atomic mass is 32.1. The fourth-order valence-corrected chi connectivity index (χ4v) is 1.61. The van der Waals surface area contributed by atoms with Crippen LogP contribution in [0, 0.1) is 18.3 Å². The molecule has 1 unspecified atom stereocenters. The van der Waals surface area contributed by atoms with Gasteiger partial charge < -0.3 is 11.1 Å². The van der Waals surface area contributed by atoms with Crippen LogP contribution in [0.2, 0.25) is 0 Å². The number of aromatic nitrogens is 1. The molecule has 1 aromatic heterocycles. The van der Waals surface area contributed by atoms with Crippen molar-refractivity contribution in [2.45, 2.75) is 34.6 Å². The highest BCUT2D eigenvalue weighted by Crippen LogP contribution is 2.25. The van der Waals surface area contributed by atoms with Crippen LogP contribution in [-0.4, -0.2) is 16.5 Å². The van der Waals surface area contributed by atoms with E-state index in [4.69, 9.17) is 18.0 Å². The molecule has 0 aromatic carbocycles. The van der Waals surface area contributed by atoms with Crippen molar-refractivity contribution in [3.05, 3.63) is 23.4 Å². The fraction of sp³-hybridized carbons (Fsp3) is 0.571. The molecule has 0 saturated heterocycles. The van der Waals surface area contributed by atoms with Gasteiger partial charge in [0.15, 0.2) is 0 Å². The van der Waals surface area contributed by atoms with Crippen molar-refractivity contribution in [2.75, 3.05) is 11.9 Å². The first kappa shape index (κ1) is 14.9. The van der Waals surface area contributed by atoms with E-state index in [1.165, 1.54) is 0 Å². The van der Waals surface area contributed by atoms with Crippen LogP contribution >= 0.6 is 12.2 Å². The Balaban J connectivity index is 2.84. The third-order valence-corrected chi connectivity index (χ3v) is 3.57. The van der Waals surface area contributed by atoms with Gasteiger partial charge in [-0.2, -0.15) is 0 Å². The lowest BCUT2D eigenvalue weighted by atomic mass is 9.82. The van der Waals surface area contributed by atoms with E-state index in [-0.39, 0.29) is 5.41 Å². The van der Waals surface area contributed by atoms with Crippen LogP contribution in [0.15, 0.2) is 12.1 Å². The lowest BCUT2D eigenvalue weighted by molar-refractivity contribution is 0.274. The molecule has 0 aliphatic rings. The zero-order valence-corrected chi connectivity index (χ0v) is 12.7. The molecule has 3 nitrogen and oxygen atoms in total. The molecule has 0 saturated carbocycles. The summed E-state index contributed by atoms with van der Waals surface area (Å²) in [4.78, 5) is 4.85. The minimum absolute atomic E-state index is 0.264. The van der Waals surface area contributed by atoms with Crippen LogP contribution in [0.5, 0.6) is 0 Å². The van der Waals surface area contributed by atoms with E-state index in [0.29, 0.717) is 10.9 Å². The normalized spacial score (nSPS) is 13.2. The molecule has 0 amide bonds. The van der Waals surface area contributed by atoms with Gasteiger partial charge in [0.25, 0.3) is 0 Å². The second kappa shape index (κ2) is 5.65. The number of anilines is 1. The predicted octanol–water partition coefficient (Wildman–Crippen LogP) is 3.12. The molecule has 0 aliphatic carbocycles. The summed E-state index contributed by atoms with van der Waals surface area (Å²) in [5, 5.41) is 3.36. The van der Waals surface area contributed by atoms with Crippen LogP contribution < -0.4 is 11.1 Å². The number of thiocarbonyl (C=S) groups is 1. The maximum absolute atomic E-state index is 5.71. The van der Waals surface area contributed by atoms with E-state index in [1.807, 2.05) is 19.1 Å². The molecular formula is C14H23N3S. The number of nitrogens with one attached hydrogen (secondary N) is 1. The average molecular weight is 265 g/mol. The van der Waals surface area contributed by atoms with Gasteiger partial charge in [-0.05, 0) is 30.4 Å². The van der Waals surface area contributed by atoms with Gasteiger partial charge in [0.05, 0.1) is 5.56 Å². The summed E-state index contributed by atoms with van der Waals surface area (Å²) in [5.74, 6) is 1.32. The van der Waals surface area contributed by atoms with Gasteiger partial charge >= 0.3 is 0 Å². The molecule has 0 spiro atoms. The number of hydrogen-bond acceptors (Lipinski definition) is 3. The second-order valence-corrected chi connectivity index (χ2v) is 6.30. The second-order valence-electron chi connectivity index (χ2n) is 5.86. The van der Waals surface area contributed by atoms with Gasteiger partial charge in [-0.15, -0.1) is 0 Å². The first-order chi connectivity index (χ1) is 8.21. The van der Waals surface area contributed by atoms with Crippen LogP contribution in [0.4, 0.5) is 5.82 Å². The summed E-state index contributed by atoms with van der Waals surface area (Å²) in [6.07, 6.45) is 0. The number of hydrogen-bond donors (Lipinski definition) is 2. The number of pyridine rings is 1. The number of nitrogens with zero attached hydrogens (tertiary/aromatic N) is 1. The van der Waals surface area contributed by atoms with Gasteiger partial charge in [-0.25, -0.2) is 4.98 Å². The molecule has 0 aliphatic heterocycles. The largest absolute Gasteiger partial charge is 0.389 e. The predicted molar refractivity (Wildman–Crippen MR) is 82.0 cm³/mol. The zero-order valence-electron chi connectivity index (χ0n) is 11.9. The van der Waals surface area contributed by atoms with E-state index < -0.39 is 0 Å². The Morgan fingerprint density at radius 2 is 2.06 bits per heavy atom. The summed E-state index contributed by atoms with van der Waals surface area (Å²) in [6.45, 7) is 11.7. The molecule has 1 atom stereocenters. The number of rotatable bonds is 4. The van der Waals surface area contributed by atoms with Gasteiger partial charge in [-0.3, -0.25) is 0 Å². The summed E-state index contributed by atoms with van der Waals surface area (Å²) in [5.41, 5.74) is 7.75. The molecule has 4 heteroatoms. The maximum Gasteiger partial charge on any atom is 0.136 e. The molecule has 3 N–H and O–H groups in total. The topological polar surface area (TPSA) is 50.9 Å². The average Bonchev–Trinajstić information content (AvgIpc) is 2.24. The quantitative estimate of drug-likeness (QED) is 0.821. The third-order valence-electron chi connectivity index (χ3n) is 3.35. The Hall–Kier alpha value is -1.16. The van der Waals surface area contributed by atoms with Crippen molar-refractivity contribution in [3.8, 4) is 0 Å². The van der Waals surface area contributed by atoms with Gasteiger partial charge in [0.2, 0.25) is 0 Å². The highest BCUT2D eigenvalue weighted by molar-refractivity contribution is 7.80. The molecule has 1 aromatic rings. The minimum Gasteiger partial charge on any atom is -0.389 e. The third kappa shape index (κ3) is 3.95. The molecular weight excluding hydrogens is 242 g/mol. The monoisotopic (exact) mass is 265 g/mol. The number of nitrogens with two attached hydrogens (primary N) is 1. The Bertz CT molecular complexity index is 435. The van der Waals surface area contributed by atoms with Crippen LogP contribution in [0.25, 0.3) is 0 Å². The molecule has 0 fully saturated rings. The molecule has 100 valence electrons. The Morgan fingerprint density at radius 3 is 2.56 bits per heavy atom. The van der Waals surface area contributed by atoms with E-state index in [9.17, 15) is 0 Å². The maximum atomic E-state index is 5.71. The minimum atomic E-state index is 0.264. The summed E-state index contributed by atoms with van der Waals surface area (Å²) < 4.78 is 0. The summed E-state index contributed by atoms with van der Waals surface area (Å²) in [7, 11) is 0. The summed E-state index contributed by atoms with van der Waals surface area (Å²) >= 11 is 5.04. The van der Waals surface area contributed by atoms with Crippen LogP contribution in [0.1, 0.15) is 39.0 Å². The van der Waals surface area contributed by atoms with Crippen molar-refractivity contribution < 1.29 is 0 Å². The Morgan fingerprint density at radius 1 is 1.44 bits per heavy atom. The van der Waals surface area contributed by atoms with Crippen molar-refractivity contribution in [3.63, 3.8) is 0 Å². The Kier molecular flexibility index (Phi) is 4.68.